The first-order valence-corrected chi connectivity index (χ1v) is 9.75. The van der Waals surface area contributed by atoms with E-state index in [1.165, 1.54) is 12.1 Å². The number of guanidine groups is 1. The number of rotatable bonds is 8. The van der Waals surface area contributed by atoms with Crippen molar-refractivity contribution in [1.29, 1.82) is 0 Å². The topological polar surface area (TPSA) is 62.5 Å². The van der Waals surface area contributed by atoms with Crippen LogP contribution < -0.4 is 10.6 Å². The molecule has 0 saturated heterocycles. The molecule has 2 N–H and O–H groups in total. The summed E-state index contributed by atoms with van der Waals surface area (Å²) in [7, 11) is 1.77. The van der Waals surface area contributed by atoms with Crippen molar-refractivity contribution < 1.29 is 8.91 Å². The number of aliphatic imine (C=N–C) groups is 1. The Morgan fingerprint density at radius 3 is 2.56 bits per heavy atom. The standard InChI is InChI=1S/C19H27FN4OS.HI/c1-13(18-14(2)24-25-15(18)3)12-23-19(21-4)22-10-5-11-26-17-8-6-16(20)7-9-17;/h6-9,13H,5,10-12H2,1-4H3,(H2,21,22,23);1H. The smallest absolute Gasteiger partial charge is 0.190 e. The monoisotopic (exact) mass is 506 g/mol. The average molecular weight is 506 g/mol. The summed E-state index contributed by atoms with van der Waals surface area (Å²) in [6.07, 6.45) is 0.988. The van der Waals surface area contributed by atoms with Gasteiger partial charge >= 0.3 is 0 Å². The van der Waals surface area contributed by atoms with Crippen molar-refractivity contribution in [3.63, 3.8) is 0 Å². The van der Waals surface area contributed by atoms with E-state index in [9.17, 15) is 4.39 Å². The molecule has 1 aromatic heterocycles. The van der Waals surface area contributed by atoms with E-state index in [-0.39, 0.29) is 35.7 Å². The van der Waals surface area contributed by atoms with Gasteiger partial charge in [0.25, 0.3) is 0 Å². The van der Waals surface area contributed by atoms with Crippen molar-refractivity contribution >= 4 is 41.7 Å². The van der Waals surface area contributed by atoms with E-state index in [0.717, 1.165) is 53.1 Å². The molecule has 1 atom stereocenters. The fraction of sp³-hybridized carbons (Fsp3) is 0.474. The van der Waals surface area contributed by atoms with Crippen LogP contribution in [-0.2, 0) is 0 Å². The third-order valence-electron chi connectivity index (χ3n) is 4.08. The van der Waals surface area contributed by atoms with Crippen molar-refractivity contribution in [3.05, 3.63) is 47.1 Å². The van der Waals surface area contributed by atoms with Gasteiger partial charge in [0.2, 0.25) is 0 Å². The van der Waals surface area contributed by atoms with E-state index >= 15 is 0 Å². The normalized spacial score (nSPS) is 12.4. The Kier molecular flexibility index (Phi) is 10.8. The van der Waals surface area contributed by atoms with Gasteiger partial charge in [-0.05, 0) is 50.3 Å². The number of hydrogen-bond acceptors (Lipinski definition) is 4. The van der Waals surface area contributed by atoms with Crippen molar-refractivity contribution in [3.8, 4) is 0 Å². The maximum absolute atomic E-state index is 12.9. The minimum Gasteiger partial charge on any atom is -0.361 e. The molecule has 150 valence electrons. The third kappa shape index (κ3) is 7.69. The summed E-state index contributed by atoms with van der Waals surface area (Å²) in [5.41, 5.74) is 2.10. The molecule has 0 bridgehead atoms. The van der Waals surface area contributed by atoms with Gasteiger partial charge in [-0.25, -0.2) is 4.39 Å². The van der Waals surface area contributed by atoms with Crippen LogP contribution in [0.25, 0.3) is 0 Å². The molecule has 5 nitrogen and oxygen atoms in total. The van der Waals surface area contributed by atoms with Crippen LogP contribution in [0.2, 0.25) is 0 Å². The molecule has 0 aliphatic carbocycles. The lowest BCUT2D eigenvalue weighted by molar-refractivity contribution is 0.391. The first-order chi connectivity index (χ1) is 12.5. The van der Waals surface area contributed by atoms with Gasteiger partial charge in [0.1, 0.15) is 11.6 Å². The molecule has 2 aromatic rings. The van der Waals surface area contributed by atoms with E-state index in [1.807, 2.05) is 26.0 Å². The molecule has 0 radical (unpaired) electrons. The second kappa shape index (κ2) is 12.2. The number of benzene rings is 1. The van der Waals surface area contributed by atoms with Gasteiger partial charge in [-0.15, -0.1) is 35.7 Å². The highest BCUT2D eigenvalue weighted by atomic mass is 127. The van der Waals surface area contributed by atoms with Gasteiger partial charge in [-0.2, -0.15) is 0 Å². The molecule has 0 spiro atoms. The predicted molar refractivity (Wildman–Crippen MR) is 121 cm³/mol. The summed E-state index contributed by atoms with van der Waals surface area (Å²) in [4.78, 5) is 5.34. The molecule has 1 aromatic carbocycles. The fourth-order valence-corrected chi connectivity index (χ4v) is 3.62. The zero-order valence-electron chi connectivity index (χ0n) is 16.2. The van der Waals surface area contributed by atoms with Crippen LogP contribution in [0.5, 0.6) is 0 Å². The lowest BCUT2D eigenvalue weighted by atomic mass is 10.00. The van der Waals surface area contributed by atoms with E-state index in [2.05, 4.69) is 27.7 Å². The molecule has 8 heteroatoms. The minimum absolute atomic E-state index is 0. The van der Waals surface area contributed by atoms with Gasteiger partial charge < -0.3 is 15.2 Å². The van der Waals surface area contributed by atoms with E-state index in [0.29, 0.717) is 0 Å². The molecule has 0 aliphatic heterocycles. The summed E-state index contributed by atoms with van der Waals surface area (Å²) < 4.78 is 18.1. The lowest BCUT2D eigenvalue weighted by Gasteiger charge is -2.16. The van der Waals surface area contributed by atoms with Gasteiger partial charge in [0.05, 0.1) is 5.69 Å². The number of nitrogens with one attached hydrogen (secondary N) is 2. The van der Waals surface area contributed by atoms with E-state index < -0.39 is 0 Å². The number of thioether (sulfide) groups is 1. The summed E-state index contributed by atoms with van der Waals surface area (Å²) in [5, 5.41) is 10.7. The third-order valence-corrected chi connectivity index (χ3v) is 5.17. The van der Waals surface area contributed by atoms with Crippen LogP contribution in [0, 0.1) is 19.7 Å². The number of aromatic nitrogens is 1. The van der Waals surface area contributed by atoms with Crippen molar-refractivity contribution in [2.45, 2.75) is 38.0 Å². The highest BCUT2D eigenvalue weighted by molar-refractivity contribution is 14.0. The molecule has 2 rings (SSSR count). The van der Waals surface area contributed by atoms with Gasteiger partial charge in [-0.3, -0.25) is 4.99 Å². The maximum atomic E-state index is 12.9. The summed E-state index contributed by atoms with van der Waals surface area (Å²) in [6.45, 7) is 7.64. The first-order valence-electron chi connectivity index (χ1n) is 8.77. The van der Waals surface area contributed by atoms with Crippen molar-refractivity contribution in [1.82, 2.24) is 15.8 Å². The Morgan fingerprint density at radius 1 is 1.26 bits per heavy atom. The predicted octanol–water partition coefficient (Wildman–Crippen LogP) is 4.50. The Bertz CT molecular complexity index is 701. The molecule has 1 heterocycles. The lowest BCUT2D eigenvalue weighted by Crippen LogP contribution is -2.39. The number of halogens is 2. The summed E-state index contributed by atoms with van der Waals surface area (Å²) >= 11 is 1.72. The fourth-order valence-electron chi connectivity index (χ4n) is 2.77. The van der Waals surface area contributed by atoms with Crippen LogP contribution in [-0.4, -0.2) is 37.0 Å². The van der Waals surface area contributed by atoms with E-state index in [4.69, 9.17) is 4.52 Å². The molecule has 0 aliphatic rings. The summed E-state index contributed by atoms with van der Waals surface area (Å²) in [5.74, 6) is 2.71. The van der Waals surface area contributed by atoms with Crippen LogP contribution in [0.1, 0.15) is 36.3 Å². The number of hydrogen-bond donors (Lipinski definition) is 2. The second-order valence-electron chi connectivity index (χ2n) is 6.17. The molecule has 0 fully saturated rings. The Balaban J connectivity index is 0.00000364. The number of nitrogens with zero attached hydrogens (tertiary/aromatic N) is 2. The molecular weight excluding hydrogens is 478 g/mol. The molecule has 1 unspecified atom stereocenters. The average Bonchev–Trinajstić information content (AvgIpc) is 2.97. The summed E-state index contributed by atoms with van der Waals surface area (Å²) in [6, 6.07) is 6.60. The SMILES string of the molecule is CN=C(NCCCSc1ccc(F)cc1)NCC(C)c1c(C)noc1C.I. The maximum Gasteiger partial charge on any atom is 0.190 e. The Labute approximate surface area is 182 Å². The highest BCUT2D eigenvalue weighted by Gasteiger charge is 2.16. The minimum atomic E-state index is -0.197. The quantitative estimate of drug-likeness (QED) is 0.182. The van der Waals surface area contributed by atoms with Crippen LogP contribution in [0.3, 0.4) is 0 Å². The number of aryl methyl sites for hydroxylation is 2. The second-order valence-corrected chi connectivity index (χ2v) is 7.34. The molecule has 0 saturated carbocycles. The van der Waals surface area contributed by atoms with Crippen LogP contribution in [0.15, 0.2) is 38.7 Å². The Hall–Kier alpha value is -1.29. The largest absolute Gasteiger partial charge is 0.361 e. The molecular formula is C19H28FIN4OS. The van der Waals surface area contributed by atoms with Crippen LogP contribution >= 0.6 is 35.7 Å². The molecule has 27 heavy (non-hydrogen) atoms. The first kappa shape index (κ1) is 23.7. The van der Waals surface area contributed by atoms with Crippen molar-refractivity contribution in [2.75, 3.05) is 25.9 Å². The van der Waals surface area contributed by atoms with Gasteiger partial charge in [0.15, 0.2) is 5.96 Å². The van der Waals surface area contributed by atoms with Crippen LogP contribution in [0.4, 0.5) is 4.39 Å². The molecule has 0 amide bonds. The van der Waals surface area contributed by atoms with Gasteiger partial charge in [-0.1, -0.05) is 12.1 Å². The zero-order valence-corrected chi connectivity index (χ0v) is 19.4. The highest BCUT2D eigenvalue weighted by Crippen LogP contribution is 2.22. The zero-order chi connectivity index (χ0) is 18.9. The Morgan fingerprint density at radius 2 is 1.96 bits per heavy atom. The van der Waals surface area contributed by atoms with E-state index in [1.54, 1.807) is 18.8 Å². The van der Waals surface area contributed by atoms with Crippen molar-refractivity contribution in [2.24, 2.45) is 4.99 Å². The van der Waals surface area contributed by atoms with Gasteiger partial charge in [0, 0.05) is 36.5 Å².